The van der Waals surface area contributed by atoms with E-state index in [0.29, 0.717) is 5.25 Å². The molecule has 78 valence electrons. The van der Waals surface area contributed by atoms with Crippen LogP contribution < -0.4 is 5.32 Å². The van der Waals surface area contributed by atoms with Crippen LogP contribution in [0.1, 0.15) is 12.1 Å². The van der Waals surface area contributed by atoms with Crippen molar-refractivity contribution < 1.29 is 0 Å². The van der Waals surface area contributed by atoms with E-state index in [2.05, 4.69) is 15.3 Å². The molecule has 1 aromatic rings. The normalized spacial score (nSPS) is 20.5. The van der Waals surface area contributed by atoms with E-state index in [0.717, 1.165) is 23.9 Å². The van der Waals surface area contributed by atoms with Crippen LogP contribution in [0, 0.1) is 6.92 Å². The average molecular weight is 232 g/mol. The van der Waals surface area contributed by atoms with E-state index in [9.17, 15) is 0 Å². The van der Waals surface area contributed by atoms with Gasteiger partial charge in [-0.1, -0.05) is 11.8 Å². The molecule has 0 amide bonds. The Balaban J connectivity index is 0.000000980. The average Bonchev–Trinajstić information content (AvgIpc) is 2.57. The van der Waals surface area contributed by atoms with Gasteiger partial charge in [-0.3, -0.25) is 0 Å². The number of aromatic nitrogens is 2. The van der Waals surface area contributed by atoms with Crippen molar-refractivity contribution in [3.8, 4) is 0 Å². The zero-order chi connectivity index (χ0) is 9.10. The molecular weight excluding hydrogens is 218 g/mol. The predicted octanol–water partition coefficient (Wildman–Crippen LogP) is 1.66. The van der Waals surface area contributed by atoms with Crippen LogP contribution in [0.4, 0.5) is 0 Å². The zero-order valence-corrected chi connectivity index (χ0v) is 9.70. The molecular formula is C9H14ClN3S. The molecule has 14 heavy (non-hydrogen) atoms. The molecule has 1 fully saturated rings. The van der Waals surface area contributed by atoms with Gasteiger partial charge in [0.25, 0.3) is 0 Å². The largest absolute Gasteiger partial charge is 0.316 e. The maximum absolute atomic E-state index is 4.36. The van der Waals surface area contributed by atoms with Crippen molar-refractivity contribution in [3.63, 3.8) is 0 Å². The van der Waals surface area contributed by atoms with E-state index in [-0.39, 0.29) is 12.4 Å². The van der Waals surface area contributed by atoms with Gasteiger partial charge in [0, 0.05) is 23.7 Å². The van der Waals surface area contributed by atoms with Crippen LogP contribution in [-0.4, -0.2) is 28.3 Å². The number of rotatable bonds is 2. The van der Waals surface area contributed by atoms with Crippen molar-refractivity contribution in [1.82, 2.24) is 15.3 Å². The van der Waals surface area contributed by atoms with Crippen LogP contribution in [0.3, 0.4) is 0 Å². The molecule has 1 aliphatic rings. The van der Waals surface area contributed by atoms with E-state index in [1.165, 1.54) is 6.42 Å². The van der Waals surface area contributed by atoms with Crippen molar-refractivity contribution in [2.24, 2.45) is 0 Å². The second-order valence-corrected chi connectivity index (χ2v) is 4.48. The maximum Gasteiger partial charge on any atom is 0.188 e. The highest BCUT2D eigenvalue weighted by atomic mass is 35.5. The van der Waals surface area contributed by atoms with E-state index >= 15 is 0 Å². The zero-order valence-electron chi connectivity index (χ0n) is 8.06. The number of nitrogens with zero attached hydrogens (tertiary/aromatic N) is 2. The van der Waals surface area contributed by atoms with Gasteiger partial charge in [0.05, 0.1) is 0 Å². The molecule has 0 unspecified atom stereocenters. The van der Waals surface area contributed by atoms with Gasteiger partial charge < -0.3 is 5.32 Å². The van der Waals surface area contributed by atoms with Crippen molar-refractivity contribution in [3.05, 3.63) is 18.0 Å². The number of hydrogen-bond acceptors (Lipinski definition) is 4. The Bertz CT molecular complexity index is 289. The summed E-state index contributed by atoms with van der Waals surface area (Å²) in [4.78, 5) is 8.59. The molecule has 0 bridgehead atoms. The highest BCUT2D eigenvalue weighted by Crippen LogP contribution is 2.23. The standard InChI is InChI=1S/C9H13N3S.ClH/c1-7-2-5-11-9(12-7)13-8-3-4-10-6-8;/h2,5,8,10H,3-4,6H2,1H3;1H/t8-;/m1./s1. The summed E-state index contributed by atoms with van der Waals surface area (Å²) in [6.07, 6.45) is 3.05. The SMILES string of the molecule is Cc1ccnc(S[C@@H]2CCNC2)n1.Cl. The molecule has 5 heteroatoms. The van der Waals surface area contributed by atoms with Crippen molar-refractivity contribution in [2.75, 3.05) is 13.1 Å². The first-order valence-electron chi connectivity index (χ1n) is 4.51. The molecule has 0 aromatic carbocycles. The number of thioether (sulfide) groups is 1. The highest BCUT2D eigenvalue weighted by molar-refractivity contribution is 7.99. The number of halogens is 1. The van der Waals surface area contributed by atoms with Crippen LogP contribution >= 0.6 is 24.2 Å². The summed E-state index contributed by atoms with van der Waals surface area (Å²) >= 11 is 1.78. The molecule has 1 N–H and O–H groups in total. The number of hydrogen-bond donors (Lipinski definition) is 1. The lowest BCUT2D eigenvalue weighted by molar-refractivity contribution is 0.857. The van der Waals surface area contributed by atoms with Gasteiger partial charge in [-0.05, 0) is 26.0 Å². The van der Waals surface area contributed by atoms with Crippen LogP contribution in [-0.2, 0) is 0 Å². The minimum absolute atomic E-state index is 0. The molecule has 2 rings (SSSR count). The fourth-order valence-corrected chi connectivity index (χ4v) is 2.41. The Morgan fingerprint density at radius 2 is 2.43 bits per heavy atom. The molecule has 0 saturated carbocycles. The van der Waals surface area contributed by atoms with Gasteiger partial charge in [-0.2, -0.15) is 0 Å². The third-order valence-electron chi connectivity index (χ3n) is 2.06. The lowest BCUT2D eigenvalue weighted by atomic mass is 10.4. The predicted molar refractivity (Wildman–Crippen MR) is 61.1 cm³/mol. The van der Waals surface area contributed by atoms with Gasteiger partial charge in [0.2, 0.25) is 0 Å². The topological polar surface area (TPSA) is 37.8 Å². The monoisotopic (exact) mass is 231 g/mol. The van der Waals surface area contributed by atoms with Gasteiger partial charge in [0.15, 0.2) is 5.16 Å². The van der Waals surface area contributed by atoms with Crippen molar-refractivity contribution >= 4 is 24.2 Å². The molecule has 1 atom stereocenters. The van der Waals surface area contributed by atoms with E-state index < -0.39 is 0 Å². The Labute approximate surface area is 94.5 Å². The summed E-state index contributed by atoms with van der Waals surface area (Å²) in [7, 11) is 0. The molecule has 1 aliphatic heterocycles. The minimum Gasteiger partial charge on any atom is -0.316 e. The Kier molecular flexibility index (Phi) is 4.65. The Hall–Kier alpha value is -0.320. The Morgan fingerprint density at radius 3 is 3.07 bits per heavy atom. The first-order chi connectivity index (χ1) is 6.34. The molecule has 0 radical (unpaired) electrons. The maximum atomic E-state index is 4.36. The highest BCUT2D eigenvalue weighted by Gasteiger charge is 2.16. The fourth-order valence-electron chi connectivity index (χ4n) is 1.36. The van der Waals surface area contributed by atoms with Crippen molar-refractivity contribution in [1.29, 1.82) is 0 Å². The van der Waals surface area contributed by atoms with E-state index in [4.69, 9.17) is 0 Å². The summed E-state index contributed by atoms with van der Waals surface area (Å²) in [6, 6.07) is 1.93. The minimum atomic E-state index is 0. The first-order valence-corrected chi connectivity index (χ1v) is 5.39. The summed E-state index contributed by atoms with van der Waals surface area (Å²) in [5.41, 5.74) is 1.04. The lowest BCUT2D eigenvalue weighted by Crippen LogP contribution is -2.10. The van der Waals surface area contributed by atoms with E-state index in [1.54, 1.807) is 11.8 Å². The van der Waals surface area contributed by atoms with E-state index in [1.807, 2.05) is 19.2 Å². The third-order valence-corrected chi connectivity index (χ3v) is 3.20. The number of nitrogens with one attached hydrogen (secondary N) is 1. The summed E-state index contributed by atoms with van der Waals surface area (Å²) < 4.78 is 0. The molecule has 3 nitrogen and oxygen atoms in total. The first kappa shape index (κ1) is 11.8. The quantitative estimate of drug-likeness (QED) is 0.786. The Morgan fingerprint density at radius 1 is 1.57 bits per heavy atom. The number of aryl methyl sites for hydroxylation is 1. The summed E-state index contributed by atoms with van der Waals surface area (Å²) in [5.74, 6) is 0. The molecule has 0 spiro atoms. The fraction of sp³-hybridized carbons (Fsp3) is 0.556. The molecule has 0 aliphatic carbocycles. The van der Waals surface area contributed by atoms with Gasteiger partial charge in [0.1, 0.15) is 0 Å². The van der Waals surface area contributed by atoms with Crippen LogP contribution in [0.5, 0.6) is 0 Å². The smallest absolute Gasteiger partial charge is 0.188 e. The third kappa shape index (κ3) is 3.12. The van der Waals surface area contributed by atoms with Crippen LogP contribution in [0.2, 0.25) is 0 Å². The van der Waals surface area contributed by atoms with Crippen molar-refractivity contribution in [2.45, 2.75) is 23.8 Å². The lowest BCUT2D eigenvalue weighted by Gasteiger charge is -2.05. The summed E-state index contributed by atoms with van der Waals surface area (Å²) in [5, 5.41) is 4.90. The second-order valence-electron chi connectivity index (χ2n) is 3.21. The molecule has 2 heterocycles. The van der Waals surface area contributed by atoms with Gasteiger partial charge >= 0.3 is 0 Å². The molecule has 1 aromatic heterocycles. The second kappa shape index (κ2) is 5.53. The van der Waals surface area contributed by atoms with Gasteiger partial charge in [-0.25, -0.2) is 9.97 Å². The summed E-state index contributed by atoms with van der Waals surface area (Å²) in [6.45, 7) is 4.21. The van der Waals surface area contributed by atoms with Gasteiger partial charge in [-0.15, -0.1) is 12.4 Å². The van der Waals surface area contributed by atoms with Crippen LogP contribution in [0.15, 0.2) is 17.4 Å². The molecule has 1 saturated heterocycles. The van der Waals surface area contributed by atoms with Crippen LogP contribution in [0.25, 0.3) is 0 Å².